The minimum Gasteiger partial charge on any atom is -0.370 e. The van der Waals surface area contributed by atoms with Gasteiger partial charge in [-0.25, -0.2) is 9.97 Å². The zero-order chi connectivity index (χ0) is 10.7. The molecule has 0 aliphatic heterocycles. The number of benzene rings is 1. The third-order valence-corrected chi connectivity index (χ3v) is 2.23. The fraction of sp³-hybridized carbons (Fsp3) is 0.182. The van der Waals surface area contributed by atoms with Gasteiger partial charge in [0.05, 0.1) is 11.2 Å². The standard InChI is InChI=1S/C11H11N3O/c12-11(15)6-5-10-8-3-1-2-4-9(8)13-7-14-10/h1-4,7H,5-6H2,(H2,12,15). The fourth-order valence-corrected chi connectivity index (χ4v) is 1.50. The number of aromatic nitrogens is 2. The molecule has 2 aromatic rings. The predicted molar refractivity (Wildman–Crippen MR) is 57.1 cm³/mol. The molecule has 0 radical (unpaired) electrons. The van der Waals surface area contributed by atoms with Gasteiger partial charge in [0.25, 0.3) is 0 Å². The molecule has 0 aliphatic rings. The second kappa shape index (κ2) is 4.04. The van der Waals surface area contributed by atoms with Gasteiger partial charge in [0.1, 0.15) is 6.33 Å². The number of nitrogens with two attached hydrogens (primary N) is 1. The van der Waals surface area contributed by atoms with Gasteiger partial charge in [-0.3, -0.25) is 4.79 Å². The highest BCUT2D eigenvalue weighted by molar-refractivity contribution is 5.81. The number of carbonyl (C=O) groups excluding carboxylic acids is 1. The van der Waals surface area contributed by atoms with Crippen molar-refractivity contribution in [2.45, 2.75) is 12.8 Å². The van der Waals surface area contributed by atoms with Crippen molar-refractivity contribution in [1.29, 1.82) is 0 Å². The van der Waals surface area contributed by atoms with Crippen molar-refractivity contribution in [2.75, 3.05) is 0 Å². The minimum absolute atomic E-state index is 0.308. The third kappa shape index (κ3) is 2.10. The molecule has 0 fully saturated rings. The van der Waals surface area contributed by atoms with Gasteiger partial charge in [-0.15, -0.1) is 0 Å². The molecule has 0 atom stereocenters. The average molecular weight is 201 g/mol. The Bertz CT molecular complexity index is 491. The summed E-state index contributed by atoms with van der Waals surface area (Å²) in [5.41, 5.74) is 6.87. The molecule has 0 spiro atoms. The highest BCUT2D eigenvalue weighted by Gasteiger charge is 2.04. The first-order valence-electron chi connectivity index (χ1n) is 4.74. The van der Waals surface area contributed by atoms with Crippen LogP contribution >= 0.6 is 0 Å². The van der Waals surface area contributed by atoms with Crippen molar-refractivity contribution < 1.29 is 4.79 Å². The molecule has 1 aromatic heterocycles. The maximum atomic E-state index is 10.7. The van der Waals surface area contributed by atoms with E-state index in [4.69, 9.17) is 5.73 Å². The van der Waals surface area contributed by atoms with Crippen molar-refractivity contribution in [3.63, 3.8) is 0 Å². The summed E-state index contributed by atoms with van der Waals surface area (Å²) in [6.45, 7) is 0. The summed E-state index contributed by atoms with van der Waals surface area (Å²) in [6, 6.07) is 7.73. The second-order valence-electron chi connectivity index (χ2n) is 3.30. The van der Waals surface area contributed by atoms with Crippen LogP contribution in [0.3, 0.4) is 0 Å². The number of amides is 1. The van der Waals surface area contributed by atoms with E-state index in [9.17, 15) is 4.79 Å². The maximum absolute atomic E-state index is 10.7. The molecule has 1 amide bonds. The van der Waals surface area contributed by atoms with Gasteiger partial charge in [0, 0.05) is 11.8 Å². The molecule has 0 saturated heterocycles. The zero-order valence-corrected chi connectivity index (χ0v) is 8.18. The molecular formula is C11H11N3O. The second-order valence-corrected chi connectivity index (χ2v) is 3.30. The first-order valence-corrected chi connectivity index (χ1v) is 4.74. The van der Waals surface area contributed by atoms with Gasteiger partial charge >= 0.3 is 0 Å². The normalized spacial score (nSPS) is 10.4. The van der Waals surface area contributed by atoms with Crippen LogP contribution in [0.4, 0.5) is 0 Å². The first-order chi connectivity index (χ1) is 7.27. The van der Waals surface area contributed by atoms with E-state index in [2.05, 4.69) is 9.97 Å². The van der Waals surface area contributed by atoms with Crippen molar-refractivity contribution >= 4 is 16.8 Å². The highest BCUT2D eigenvalue weighted by atomic mass is 16.1. The molecule has 2 rings (SSSR count). The van der Waals surface area contributed by atoms with Crippen LogP contribution in [-0.4, -0.2) is 15.9 Å². The van der Waals surface area contributed by atoms with Crippen LogP contribution in [0, 0.1) is 0 Å². The lowest BCUT2D eigenvalue weighted by atomic mass is 10.1. The molecule has 15 heavy (non-hydrogen) atoms. The lowest BCUT2D eigenvalue weighted by Crippen LogP contribution is -2.11. The van der Waals surface area contributed by atoms with E-state index in [-0.39, 0.29) is 5.91 Å². The monoisotopic (exact) mass is 201 g/mol. The summed E-state index contributed by atoms with van der Waals surface area (Å²) in [7, 11) is 0. The Morgan fingerprint density at radius 1 is 1.27 bits per heavy atom. The molecule has 76 valence electrons. The average Bonchev–Trinajstić information content (AvgIpc) is 2.26. The molecule has 0 unspecified atom stereocenters. The summed E-state index contributed by atoms with van der Waals surface area (Å²) in [5, 5.41) is 0.987. The highest BCUT2D eigenvalue weighted by Crippen LogP contribution is 2.14. The Morgan fingerprint density at radius 3 is 2.87 bits per heavy atom. The van der Waals surface area contributed by atoms with E-state index in [1.165, 1.54) is 6.33 Å². The van der Waals surface area contributed by atoms with E-state index in [1.807, 2.05) is 24.3 Å². The van der Waals surface area contributed by atoms with Gasteiger partial charge in [-0.1, -0.05) is 18.2 Å². The van der Waals surface area contributed by atoms with E-state index >= 15 is 0 Å². The molecular weight excluding hydrogens is 190 g/mol. The van der Waals surface area contributed by atoms with Crippen LogP contribution in [0.15, 0.2) is 30.6 Å². The topological polar surface area (TPSA) is 68.9 Å². The van der Waals surface area contributed by atoms with Crippen LogP contribution in [0.1, 0.15) is 12.1 Å². The maximum Gasteiger partial charge on any atom is 0.217 e. The van der Waals surface area contributed by atoms with Gasteiger partial charge in [-0.2, -0.15) is 0 Å². The van der Waals surface area contributed by atoms with Crippen LogP contribution in [0.25, 0.3) is 10.9 Å². The van der Waals surface area contributed by atoms with Gasteiger partial charge < -0.3 is 5.73 Å². The number of nitrogens with zero attached hydrogens (tertiary/aromatic N) is 2. The Kier molecular flexibility index (Phi) is 2.58. The van der Waals surface area contributed by atoms with E-state index < -0.39 is 0 Å². The lowest BCUT2D eigenvalue weighted by molar-refractivity contribution is -0.117. The van der Waals surface area contributed by atoms with Crippen LogP contribution in [0.5, 0.6) is 0 Å². The number of aryl methyl sites for hydroxylation is 1. The van der Waals surface area contributed by atoms with Crippen molar-refractivity contribution in [1.82, 2.24) is 9.97 Å². The molecule has 1 heterocycles. The largest absolute Gasteiger partial charge is 0.370 e. The summed E-state index contributed by atoms with van der Waals surface area (Å²) in [6.07, 6.45) is 2.40. The number of hydrogen-bond donors (Lipinski definition) is 1. The third-order valence-electron chi connectivity index (χ3n) is 2.23. The quantitative estimate of drug-likeness (QED) is 0.806. The van der Waals surface area contributed by atoms with Gasteiger partial charge in [0.2, 0.25) is 5.91 Å². The Balaban J connectivity index is 2.38. The number of hydrogen-bond acceptors (Lipinski definition) is 3. The minimum atomic E-state index is -0.308. The lowest BCUT2D eigenvalue weighted by Gasteiger charge is -2.02. The summed E-state index contributed by atoms with van der Waals surface area (Å²) < 4.78 is 0. The van der Waals surface area contributed by atoms with Gasteiger partial charge in [-0.05, 0) is 12.5 Å². The van der Waals surface area contributed by atoms with Crippen LogP contribution < -0.4 is 5.73 Å². The molecule has 1 aromatic carbocycles. The SMILES string of the molecule is NC(=O)CCc1ncnc2ccccc12. The molecule has 4 heteroatoms. The molecule has 0 aliphatic carbocycles. The van der Waals surface area contributed by atoms with Crippen molar-refractivity contribution in [2.24, 2.45) is 5.73 Å². The summed E-state index contributed by atoms with van der Waals surface area (Å²) in [4.78, 5) is 19.0. The fourth-order valence-electron chi connectivity index (χ4n) is 1.50. The Labute approximate surface area is 87.1 Å². The van der Waals surface area contributed by atoms with E-state index in [0.29, 0.717) is 12.8 Å². The van der Waals surface area contributed by atoms with Gasteiger partial charge in [0.15, 0.2) is 0 Å². The number of rotatable bonds is 3. The predicted octanol–water partition coefficient (Wildman–Crippen LogP) is 1.05. The van der Waals surface area contributed by atoms with Crippen molar-refractivity contribution in [3.8, 4) is 0 Å². The number of carbonyl (C=O) groups is 1. The molecule has 0 saturated carbocycles. The number of para-hydroxylation sites is 1. The number of primary amides is 1. The van der Waals surface area contributed by atoms with Crippen LogP contribution in [-0.2, 0) is 11.2 Å². The first kappa shape index (κ1) is 9.58. The van der Waals surface area contributed by atoms with E-state index in [1.54, 1.807) is 0 Å². The molecule has 4 nitrogen and oxygen atoms in total. The molecule has 2 N–H and O–H groups in total. The van der Waals surface area contributed by atoms with E-state index in [0.717, 1.165) is 16.6 Å². The number of fused-ring (bicyclic) bond motifs is 1. The zero-order valence-electron chi connectivity index (χ0n) is 8.18. The van der Waals surface area contributed by atoms with Crippen LogP contribution in [0.2, 0.25) is 0 Å². The summed E-state index contributed by atoms with van der Waals surface area (Å²) >= 11 is 0. The molecule has 0 bridgehead atoms. The summed E-state index contributed by atoms with van der Waals surface area (Å²) in [5.74, 6) is -0.308. The smallest absolute Gasteiger partial charge is 0.217 e. The Hall–Kier alpha value is -1.97. The van der Waals surface area contributed by atoms with Crippen molar-refractivity contribution in [3.05, 3.63) is 36.3 Å². The Morgan fingerprint density at radius 2 is 2.07 bits per heavy atom.